The highest BCUT2D eigenvalue weighted by molar-refractivity contribution is 5.76. The molecule has 2 fully saturated rings. The number of aromatic nitrogens is 2. The molecule has 3 atom stereocenters. The van der Waals surface area contributed by atoms with Gasteiger partial charge in [-0.05, 0) is 25.0 Å². The van der Waals surface area contributed by atoms with E-state index in [2.05, 4.69) is 17.2 Å². The molecule has 0 aliphatic carbocycles. The molecule has 1 amide bonds. The van der Waals surface area contributed by atoms with E-state index in [0.29, 0.717) is 32.7 Å². The van der Waals surface area contributed by atoms with Crippen LogP contribution in [-0.2, 0) is 16.1 Å². The fraction of sp³-hybridized carbons (Fsp3) is 0.500. The first-order valence-electron chi connectivity index (χ1n) is 9.20. The lowest BCUT2D eigenvalue weighted by Crippen LogP contribution is -2.41. The second-order valence-electron chi connectivity index (χ2n) is 7.45. The van der Waals surface area contributed by atoms with Gasteiger partial charge in [-0.25, -0.2) is 0 Å². The average Bonchev–Trinajstić information content (AvgIpc) is 3.35. The van der Waals surface area contributed by atoms with Crippen LogP contribution >= 0.6 is 0 Å². The van der Waals surface area contributed by atoms with Crippen molar-refractivity contribution in [1.29, 1.82) is 0 Å². The molecule has 1 aromatic heterocycles. The van der Waals surface area contributed by atoms with E-state index in [-0.39, 0.29) is 11.8 Å². The summed E-state index contributed by atoms with van der Waals surface area (Å²) in [4.78, 5) is 14.3. The van der Waals surface area contributed by atoms with E-state index >= 15 is 0 Å². The third-order valence-electron chi connectivity index (χ3n) is 5.58. The van der Waals surface area contributed by atoms with E-state index in [1.165, 1.54) is 5.56 Å². The fourth-order valence-electron chi connectivity index (χ4n) is 4.10. The first-order valence-corrected chi connectivity index (χ1v) is 9.20. The number of rotatable bonds is 4. The number of aliphatic hydroxyl groups excluding tert-OH is 1. The van der Waals surface area contributed by atoms with Gasteiger partial charge in [0.25, 0.3) is 0 Å². The number of β-amino-alcohol motifs (C(OH)–C–C–N with tert-alkyl or cyclic N) is 1. The van der Waals surface area contributed by atoms with Crippen molar-refractivity contribution >= 4 is 5.91 Å². The number of likely N-dealkylation sites (tertiary alicyclic amines) is 1. The Morgan fingerprint density at radius 2 is 2.15 bits per heavy atom. The summed E-state index contributed by atoms with van der Waals surface area (Å²) >= 11 is 0. The Bertz CT molecular complexity index is 776. The number of nitrogens with zero attached hydrogens (tertiary/aromatic N) is 3. The molecule has 0 bridgehead atoms. The largest absolute Gasteiger partial charge is 0.388 e. The zero-order valence-corrected chi connectivity index (χ0v) is 15.0. The van der Waals surface area contributed by atoms with Crippen LogP contribution in [0.25, 0.3) is 0 Å². The minimum atomic E-state index is -0.632. The van der Waals surface area contributed by atoms with Crippen LogP contribution < -0.4 is 0 Å². The quantitative estimate of drug-likeness (QED) is 0.907. The number of aryl methyl sites for hydroxylation is 2. The van der Waals surface area contributed by atoms with Crippen LogP contribution in [0.2, 0.25) is 0 Å². The zero-order chi connectivity index (χ0) is 18.1. The molecule has 6 nitrogen and oxygen atoms in total. The van der Waals surface area contributed by atoms with Crippen LogP contribution in [0.3, 0.4) is 0 Å². The molecule has 138 valence electrons. The van der Waals surface area contributed by atoms with Crippen molar-refractivity contribution < 1.29 is 14.6 Å². The molecular weight excluding hydrogens is 330 g/mol. The molecule has 6 heteroatoms. The molecule has 4 rings (SSSR count). The smallest absolute Gasteiger partial charge is 0.224 e. The Balaban J connectivity index is 1.37. The second-order valence-corrected chi connectivity index (χ2v) is 7.45. The Morgan fingerprint density at radius 3 is 2.88 bits per heavy atom. The van der Waals surface area contributed by atoms with E-state index < -0.39 is 11.7 Å². The van der Waals surface area contributed by atoms with Crippen molar-refractivity contribution in [3.8, 4) is 0 Å². The van der Waals surface area contributed by atoms with Gasteiger partial charge in [0.05, 0.1) is 18.8 Å². The number of aliphatic hydroxyl groups is 1. The number of ether oxygens (including phenoxy) is 1. The van der Waals surface area contributed by atoms with Gasteiger partial charge in [0.15, 0.2) is 0 Å². The van der Waals surface area contributed by atoms with E-state index in [1.54, 1.807) is 9.58 Å². The standard InChI is InChI=1S/C20H25N3O3/c1-15-7-9-23(21-15)10-8-19(25)22-12-18(24)20(14-22)11-17(13-26-20)16-5-3-2-4-6-16/h2-7,9,17-18,24H,8,10-14H2,1H3/t17-,18-,20-/m1/s1. The van der Waals surface area contributed by atoms with Gasteiger partial charge in [0.1, 0.15) is 11.7 Å². The van der Waals surface area contributed by atoms with Gasteiger partial charge >= 0.3 is 0 Å². The van der Waals surface area contributed by atoms with Crippen LogP contribution in [0.4, 0.5) is 0 Å². The summed E-state index contributed by atoms with van der Waals surface area (Å²) in [5, 5.41) is 14.9. The normalized spacial score (nSPS) is 28.2. The van der Waals surface area contributed by atoms with Crippen molar-refractivity contribution in [3.63, 3.8) is 0 Å². The van der Waals surface area contributed by atoms with Crippen molar-refractivity contribution in [2.24, 2.45) is 0 Å². The number of hydrogen-bond donors (Lipinski definition) is 1. The zero-order valence-electron chi connectivity index (χ0n) is 15.0. The number of amides is 1. The lowest BCUT2D eigenvalue weighted by atomic mass is 9.87. The van der Waals surface area contributed by atoms with Crippen molar-refractivity contribution in [3.05, 3.63) is 53.9 Å². The van der Waals surface area contributed by atoms with Gasteiger partial charge in [0.2, 0.25) is 5.91 Å². The summed E-state index contributed by atoms with van der Waals surface area (Å²) in [6, 6.07) is 12.2. The third kappa shape index (κ3) is 3.27. The summed E-state index contributed by atoms with van der Waals surface area (Å²) in [6.07, 6.45) is 2.38. The lowest BCUT2D eigenvalue weighted by molar-refractivity contribution is -0.131. The lowest BCUT2D eigenvalue weighted by Gasteiger charge is -2.26. The average molecular weight is 355 g/mol. The molecule has 0 radical (unpaired) electrons. The van der Waals surface area contributed by atoms with Gasteiger partial charge in [-0.2, -0.15) is 5.10 Å². The SMILES string of the molecule is Cc1ccn(CCC(=O)N2C[C@@H](O)[C@@]3(C[C@@H](c4ccccc4)CO3)C2)n1. The molecular formula is C20H25N3O3. The van der Waals surface area contributed by atoms with E-state index in [1.807, 2.05) is 37.4 Å². The highest BCUT2D eigenvalue weighted by Gasteiger charge is 2.53. The summed E-state index contributed by atoms with van der Waals surface area (Å²) < 4.78 is 7.85. The van der Waals surface area contributed by atoms with Crippen molar-refractivity contribution in [1.82, 2.24) is 14.7 Å². The third-order valence-corrected chi connectivity index (χ3v) is 5.58. The first-order chi connectivity index (χ1) is 12.6. The van der Waals surface area contributed by atoms with Crippen molar-refractivity contribution in [2.75, 3.05) is 19.7 Å². The van der Waals surface area contributed by atoms with Crippen LogP contribution in [0, 0.1) is 6.92 Å². The summed E-state index contributed by atoms with van der Waals surface area (Å²) in [6.45, 7) is 3.89. The first kappa shape index (κ1) is 17.2. The number of carbonyl (C=O) groups excluding carboxylic acids is 1. The molecule has 1 N–H and O–H groups in total. The molecule has 0 unspecified atom stereocenters. The molecule has 3 heterocycles. The number of hydrogen-bond acceptors (Lipinski definition) is 4. The molecule has 2 saturated heterocycles. The van der Waals surface area contributed by atoms with Crippen LogP contribution in [0.1, 0.15) is 30.0 Å². The predicted molar refractivity (Wildman–Crippen MR) is 96.7 cm³/mol. The Morgan fingerprint density at radius 1 is 1.35 bits per heavy atom. The van der Waals surface area contributed by atoms with E-state index in [0.717, 1.165) is 12.1 Å². The fourth-order valence-corrected chi connectivity index (χ4v) is 4.10. The Hall–Kier alpha value is -2.18. The monoisotopic (exact) mass is 355 g/mol. The van der Waals surface area contributed by atoms with Crippen LogP contribution in [0.5, 0.6) is 0 Å². The highest BCUT2D eigenvalue weighted by atomic mass is 16.5. The topological polar surface area (TPSA) is 67.6 Å². The van der Waals surface area contributed by atoms with Gasteiger partial charge in [-0.1, -0.05) is 30.3 Å². The maximum atomic E-state index is 12.6. The highest BCUT2D eigenvalue weighted by Crippen LogP contribution is 2.42. The van der Waals surface area contributed by atoms with Crippen LogP contribution in [0.15, 0.2) is 42.6 Å². The van der Waals surface area contributed by atoms with E-state index in [9.17, 15) is 9.90 Å². The maximum Gasteiger partial charge on any atom is 0.224 e. The van der Waals surface area contributed by atoms with E-state index in [4.69, 9.17) is 4.74 Å². The second kappa shape index (κ2) is 6.85. The molecule has 2 aliphatic heterocycles. The Labute approximate surface area is 153 Å². The summed E-state index contributed by atoms with van der Waals surface area (Å²) in [5.41, 5.74) is 1.55. The molecule has 0 saturated carbocycles. The molecule has 2 aromatic rings. The van der Waals surface area contributed by atoms with Gasteiger partial charge < -0.3 is 14.7 Å². The van der Waals surface area contributed by atoms with Crippen LogP contribution in [-0.4, -0.2) is 57.1 Å². The molecule has 1 spiro atoms. The van der Waals surface area contributed by atoms with Gasteiger partial charge in [-0.15, -0.1) is 0 Å². The number of benzene rings is 1. The van der Waals surface area contributed by atoms with Gasteiger partial charge in [-0.3, -0.25) is 9.48 Å². The maximum absolute atomic E-state index is 12.6. The number of carbonyl (C=O) groups is 1. The summed E-state index contributed by atoms with van der Waals surface area (Å²) in [5.74, 6) is 0.314. The minimum Gasteiger partial charge on any atom is -0.388 e. The summed E-state index contributed by atoms with van der Waals surface area (Å²) in [7, 11) is 0. The molecule has 26 heavy (non-hydrogen) atoms. The predicted octanol–water partition coefficient (Wildman–Crippen LogP) is 1.73. The molecule has 2 aliphatic rings. The van der Waals surface area contributed by atoms with Gasteiger partial charge in [0, 0.05) is 31.6 Å². The minimum absolute atomic E-state index is 0.0424. The molecule has 1 aromatic carbocycles. The van der Waals surface area contributed by atoms with Crippen molar-refractivity contribution in [2.45, 2.75) is 43.9 Å². The Kier molecular flexibility index (Phi) is 4.54.